The lowest BCUT2D eigenvalue weighted by Gasteiger charge is -2.28. The van der Waals surface area contributed by atoms with E-state index in [0.29, 0.717) is 23.1 Å². The fourth-order valence-electron chi connectivity index (χ4n) is 7.15. The average Bonchev–Trinajstić information content (AvgIpc) is 3.50. The van der Waals surface area contributed by atoms with E-state index < -0.39 is 61.0 Å². The van der Waals surface area contributed by atoms with Crippen LogP contribution in [0.3, 0.4) is 0 Å². The second kappa shape index (κ2) is 15.0. The van der Waals surface area contributed by atoms with Crippen LogP contribution in [-0.4, -0.2) is 66.5 Å². The number of sulfone groups is 1. The zero-order valence-electron chi connectivity index (χ0n) is 29.8. The molecule has 4 atom stereocenters. The van der Waals surface area contributed by atoms with Crippen LogP contribution in [0.25, 0.3) is 0 Å². The van der Waals surface area contributed by atoms with Gasteiger partial charge in [-0.25, -0.2) is 26.4 Å². The number of nitro groups is 1. The number of nitro benzene ring substituents is 1. The van der Waals surface area contributed by atoms with Gasteiger partial charge in [-0.3, -0.25) is 20.3 Å². The van der Waals surface area contributed by atoms with Gasteiger partial charge in [-0.05, 0) is 59.0 Å². The number of hydrogen-bond donors (Lipinski definition) is 2. The van der Waals surface area contributed by atoms with E-state index in [-0.39, 0.29) is 60.8 Å². The molecule has 0 amide bonds. The van der Waals surface area contributed by atoms with Crippen LogP contribution in [0.1, 0.15) is 37.5 Å². The van der Waals surface area contributed by atoms with Gasteiger partial charge in [0.15, 0.2) is 27.6 Å². The summed E-state index contributed by atoms with van der Waals surface area (Å²) in [5, 5.41) is 24.2. The molecule has 4 aromatic carbocycles. The molecule has 0 bridgehead atoms. The predicted octanol–water partition coefficient (Wildman–Crippen LogP) is 6.28. The molecule has 1 aliphatic carbocycles. The molecule has 2 fully saturated rings. The summed E-state index contributed by atoms with van der Waals surface area (Å²) in [6.07, 6.45) is -1.02. The maximum Gasteiger partial charge on any atom is 0.345 e. The summed E-state index contributed by atoms with van der Waals surface area (Å²) in [7, 11) is -4.11. The van der Waals surface area contributed by atoms with Gasteiger partial charge in [-0.1, -0.05) is 45.0 Å². The lowest BCUT2D eigenvalue weighted by molar-refractivity contribution is -0.384. The molecule has 6 rings (SSSR count). The maximum atomic E-state index is 14.4. The molecule has 1 aliphatic heterocycles. The normalized spacial score (nSPS) is 20.3. The number of benzene rings is 4. The number of carboxylic acids is 1. The average molecular weight is 768 g/mol. The molecular weight excluding hydrogens is 728 g/mol. The smallest absolute Gasteiger partial charge is 0.345 e. The van der Waals surface area contributed by atoms with Gasteiger partial charge in [0.1, 0.15) is 28.8 Å². The first kappa shape index (κ1) is 38.7. The van der Waals surface area contributed by atoms with Crippen molar-refractivity contribution in [2.24, 2.45) is 11.8 Å². The molecule has 4 aromatic rings. The van der Waals surface area contributed by atoms with Gasteiger partial charge in [0, 0.05) is 68.2 Å². The van der Waals surface area contributed by atoms with Gasteiger partial charge in [-0.2, -0.15) is 0 Å². The number of fused-ring (bicyclic) bond motifs is 1. The summed E-state index contributed by atoms with van der Waals surface area (Å²) in [4.78, 5) is 22.8. The molecule has 1 heterocycles. The molecule has 11 nitrogen and oxygen atoms in total. The highest BCUT2D eigenvalue weighted by atomic mass is 32.2. The maximum absolute atomic E-state index is 14.4. The first-order valence-electron chi connectivity index (χ1n) is 17.3. The van der Waals surface area contributed by atoms with Crippen molar-refractivity contribution in [1.29, 1.82) is 0 Å². The zero-order valence-corrected chi connectivity index (χ0v) is 30.6. The van der Waals surface area contributed by atoms with Crippen LogP contribution in [0, 0.1) is 39.4 Å². The molecule has 286 valence electrons. The van der Waals surface area contributed by atoms with E-state index in [1.165, 1.54) is 12.1 Å². The van der Waals surface area contributed by atoms with Crippen molar-refractivity contribution in [3.8, 4) is 11.5 Å². The van der Waals surface area contributed by atoms with E-state index in [1.54, 1.807) is 41.3 Å². The summed E-state index contributed by atoms with van der Waals surface area (Å²) in [6.45, 7) is 6.79. The number of nitrogens with zero attached hydrogens (tertiary/aromatic N) is 2. The fourth-order valence-corrected chi connectivity index (χ4v) is 9.53. The van der Waals surface area contributed by atoms with E-state index in [9.17, 15) is 41.6 Å². The van der Waals surface area contributed by atoms with Crippen molar-refractivity contribution in [3.63, 3.8) is 0 Å². The number of hydrogen-bond acceptors (Lipinski definition) is 9. The number of aliphatic carboxylic acids is 1. The first-order chi connectivity index (χ1) is 25.5. The Kier molecular flexibility index (Phi) is 10.8. The minimum atomic E-state index is -4.11. The Morgan fingerprint density at radius 2 is 1.54 bits per heavy atom. The molecule has 54 heavy (non-hydrogen) atoms. The highest BCUT2D eigenvalue weighted by Gasteiger charge is 2.75. The van der Waals surface area contributed by atoms with Crippen LogP contribution >= 0.6 is 0 Å². The second-order valence-corrected chi connectivity index (χ2v) is 16.8. The molecule has 2 aliphatic rings. The number of carbonyl (C=O) groups is 1. The minimum Gasteiger partial charge on any atom is -0.492 e. The number of nitrogens with one attached hydrogen (secondary N) is 1. The number of rotatable bonds is 15. The Labute approximate surface area is 310 Å². The van der Waals surface area contributed by atoms with Gasteiger partial charge >= 0.3 is 5.97 Å². The van der Waals surface area contributed by atoms with E-state index >= 15 is 0 Å². The van der Waals surface area contributed by atoms with Crippen LogP contribution in [0.4, 0.5) is 18.9 Å². The van der Waals surface area contributed by atoms with Crippen LogP contribution in [0.15, 0.2) is 89.8 Å². The Bertz CT molecular complexity index is 2110. The quantitative estimate of drug-likeness (QED) is 0.0613. The lowest BCUT2D eigenvalue weighted by Crippen LogP contribution is -2.48. The topological polar surface area (TPSA) is 148 Å². The van der Waals surface area contributed by atoms with Gasteiger partial charge in [0.25, 0.3) is 5.69 Å². The van der Waals surface area contributed by atoms with Gasteiger partial charge in [0.05, 0.1) is 9.82 Å². The molecule has 0 radical (unpaired) electrons. The van der Waals surface area contributed by atoms with Gasteiger partial charge in [0.2, 0.25) is 0 Å². The molecule has 1 saturated carbocycles. The summed E-state index contributed by atoms with van der Waals surface area (Å²) in [6, 6.07) is 20.0. The molecule has 0 aromatic heterocycles. The van der Waals surface area contributed by atoms with Crippen molar-refractivity contribution < 1.29 is 45.9 Å². The lowest BCUT2D eigenvalue weighted by atomic mass is 9.87. The van der Waals surface area contributed by atoms with Crippen molar-refractivity contribution in [3.05, 3.63) is 129 Å². The van der Waals surface area contributed by atoms with Crippen LogP contribution in [0.5, 0.6) is 11.5 Å². The van der Waals surface area contributed by atoms with Crippen molar-refractivity contribution in [1.82, 2.24) is 10.2 Å². The van der Waals surface area contributed by atoms with Crippen LogP contribution in [-0.2, 0) is 33.0 Å². The minimum absolute atomic E-state index is 0.0489. The first-order valence-corrected chi connectivity index (χ1v) is 18.8. The Morgan fingerprint density at radius 1 is 0.944 bits per heavy atom. The predicted molar refractivity (Wildman–Crippen MR) is 192 cm³/mol. The number of halogens is 3. The van der Waals surface area contributed by atoms with E-state index in [4.69, 9.17) is 9.47 Å². The SMILES string of the molecule is CC(C)(C)c1ccc(O[C@@H](Cc2ccc(OCCNC3(S(=O)(=O)c4ccc([N+](=O)[O-])cc4)C4CN(Cc5cc(F)c(F)cc5F)C[C@@H]43)cc2)C(=O)O)cc1. The molecule has 2 unspecified atom stereocenters. The fraction of sp³-hybridized carbons (Fsp3) is 0.359. The van der Waals surface area contributed by atoms with Crippen molar-refractivity contribution in [2.45, 2.75) is 55.0 Å². The monoisotopic (exact) mass is 767 g/mol. The Hall–Kier alpha value is -4.99. The third kappa shape index (κ3) is 7.93. The standard InChI is InChI=1S/C39H40F3N3O8S/c1-38(2,3)26-6-12-29(13-7-26)53-36(37(46)47)18-24-4-10-28(11-5-24)52-17-16-43-39(54(50,51)30-14-8-27(9-15-30)45(48)49)31-22-44(23-32(31)39)21-25-19-34(41)35(42)20-33(25)40/h4-15,19-20,31-32,36,43H,16-18,21-23H2,1-3H3,(H,46,47)/t31-,32?,36-,39?/m0/s1. The number of carboxylic acid groups (broad SMARTS) is 1. The van der Waals surface area contributed by atoms with Crippen molar-refractivity contribution in [2.75, 3.05) is 26.2 Å². The molecule has 15 heteroatoms. The number of ether oxygens (including phenoxy) is 2. The van der Waals surface area contributed by atoms with E-state index in [1.807, 2.05) is 12.1 Å². The number of piperidine rings is 1. The molecular formula is C39H40F3N3O8S. The summed E-state index contributed by atoms with van der Waals surface area (Å²) in [5.41, 5.74) is 1.42. The zero-order chi connectivity index (χ0) is 39.0. The third-order valence-corrected chi connectivity index (χ3v) is 12.6. The van der Waals surface area contributed by atoms with Gasteiger partial charge in [-0.15, -0.1) is 0 Å². The summed E-state index contributed by atoms with van der Waals surface area (Å²) >= 11 is 0. The number of likely N-dealkylation sites (tertiary alicyclic amines) is 1. The molecule has 1 saturated heterocycles. The Morgan fingerprint density at radius 3 is 2.11 bits per heavy atom. The Balaban J connectivity index is 1.09. The van der Waals surface area contributed by atoms with Crippen molar-refractivity contribution >= 4 is 21.5 Å². The highest BCUT2D eigenvalue weighted by Crippen LogP contribution is 2.60. The van der Waals surface area contributed by atoms with Gasteiger partial charge < -0.3 is 14.6 Å². The third-order valence-electron chi connectivity index (χ3n) is 10.1. The van der Waals surface area contributed by atoms with E-state index in [0.717, 1.165) is 23.8 Å². The van der Waals surface area contributed by atoms with Crippen LogP contribution in [0.2, 0.25) is 0 Å². The summed E-state index contributed by atoms with van der Waals surface area (Å²) < 4.78 is 81.6. The van der Waals surface area contributed by atoms with Crippen LogP contribution < -0.4 is 14.8 Å². The summed E-state index contributed by atoms with van der Waals surface area (Å²) in [5.74, 6) is -4.49. The van der Waals surface area contributed by atoms with E-state index in [2.05, 4.69) is 26.1 Å². The second-order valence-electron chi connectivity index (χ2n) is 14.7. The highest BCUT2D eigenvalue weighted by molar-refractivity contribution is 7.93. The molecule has 2 N–H and O–H groups in total. The number of non-ortho nitro benzene ring substituents is 1. The largest absolute Gasteiger partial charge is 0.492 e. The molecule has 0 spiro atoms.